The normalized spacial score (nSPS) is 12.1. The van der Waals surface area contributed by atoms with Crippen molar-refractivity contribution in [1.82, 2.24) is 14.7 Å². The molecule has 1 N–H and O–H groups in total. The number of amides is 1. The van der Waals surface area contributed by atoms with Crippen LogP contribution >= 0.6 is 0 Å². The van der Waals surface area contributed by atoms with Crippen LogP contribution in [-0.4, -0.2) is 22.4 Å². The number of rotatable bonds is 4. The summed E-state index contributed by atoms with van der Waals surface area (Å²) >= 11 is 0. The van der Waals surface area contributed by atoms with Gasteiger partial charge in [0.15, 0.2) is 0 Å². The quantitative estimate of drug-likeness (QED) is 0.805. The van der Waals surface area contributed by atoms with Crippen LogP contribution < -0.4 is 10.1 Å². The number of ether oxygens (including phenoxy) is 1. The molecule has 1 amide bonds. The van der Waals surface area contributed by atoms with Gasteiger partial charge in [0, 0.05) is 12.4 Å². The first kappa shape index (κ1) is 15.1. The van der Waals surface area contributed by atoms with Gasteiger partial charge in [0.1, 0.15) is 17.1 Å². The van der Waals surface area contributed by atoms with E-state index in [0.29, 0.717) is 5.69 Å². The maximum Gasteiger partial charge on any atom is 0.271 e. The van der Waals surface area contributed by atoms with Gasteiger partial charge < -0.3 is 14.5 Å². The first-order valence-corrected chi connectivity index (χ1v) is 7.47. The third kappa shape index (κ3) is 3.18. The Hall–Kier alpha value is -2.82. The van der Waals surface area contributed by atoms with E-state index in [0.717, 1.165) is 22.5 Å². The number of hydrogen-bond acceptors (Lipinski definition) is 3. The number of aryl methyl sites for hydroxylation is 1. The number of carbonyl (C=O) groups is 1. The molecule has 1 atom stereocenters. The van der Waals surface area contributed by atoms with Crippen LogP contribution in [0, 0.1) is 6.92 Å². The summed E-state index contributed by atoms with van der Waals surface area (Å²) in [7, 11) is 1.63. The lowest BCUT2D eigenvalue weighted by Gasteiger charge is -2.13. The van der Waals surface area contributed by atoms with Crippen LogP contribution in [0.25, 0.3) is 5.65 Å². The summed E-state index contributed by atoms with van der Waals surface area (Å²) in [4.78, 5) is 16.8. The number of fused-ring (bicyclic) bond motifs is 1. The third-order valence-electron chi connectivity index (χ3n) is 3.79. The summed E-state index contributed by atoms with van der Waals surface area (Å²) in [5.74, 6) is 0.609. The van der Waals surface area contributed by atoms with Gasteiger partial charge in [-0.2, -0.15) is 0 Å². The van der Waals surface area contributed by atoms with Gasteiger partial charge in [-0.1, -0.05) is 18.2 Å². The lowest BCUT2D eigenvalue weighted by atomic mass is 10.1. The van der Waals surface area contributed by atoms with Crippen molar-refractivity contribution >= 4 is 11.6 Å². The lowest BCUT2D eigenvalue weighted by molar-refractivity contribution is 0.0935. The van der Waals surface area contributed by atoms with Crippen molar-refractivity contribution in [3.8, 4) is 5.75 Å². The number of pyridine rings is 1. The first-order valence-electron chi connectivity index (χ1n) is 7.47. The molecule has 0 unspecified atom stereocenters. The molecular formula is C18H19N3O2. The number of nitrogens with zero attached hydrogens (tertiary/aromatic N) is 2. The van der Waals surface area contributed by atoms with Gasteiger partial charge in [0.25, 0.3) is 5.91 Å². The number of hydrogen-bond donors (Lipinski definition) is 1. The summed E-state index contributed by atoms with van der Waals surface area (Å²) in [5.41, 5.74) is 3.31. The average molecular weight is 309 g/mol. The van der Waals surface area contributed by atoms with Gasteiger partial charge in [0.2, 0.25) is 0 Å². The van der Waals surface area contributed by atoms with Gasteiger partial charge in [-0.15, -0.1) is 0 Å². The van der Waals surface area contributed by atoms with E-state index in [2.05, 4.69) is 10.3 Å². The summed E-state index contributed by atoms with van der Waals surface area (Å²) in [6, 6.07) is 11.4. The molecule has 118 valence electrons. The predicted molar refractivity (Wildman–Crippen MR) is 88.8 cm³/mol. The van der Waals surface area contributed by atoms with E-state index >= 15 is 0 Å². The summed E-state index contributed by atoms with van der Waals surface area (Å²) in [6.45, 7) is 3.95. The zero-order valence-corrected chi connectivity index (χ0v) is 13.4. The number of imidazole rings is 1. The van der Waals surface area contributed by atoms with Crippen LogP contribution in [0.4, 0.5) is 0 Å². The first-order chi connectivity index (χ1) is 11.1. The molecule has 3 aromatic rings. The Bertz CT molecular complexity index is 837. The van der Waals surface area contributed by atoms with Crippen molar-refractivity contribution in [1.29, 1.82) is 0 Å². The molecule has 3 rings (SSSR count). The second-order valence-electron chi connectivity index (χ2n) is 5.57. The number of nitrogens with one attached hydrogen (secondary N) is 1. The van der Waals surface area contributed by atoms with Crippen LogP contribution in [0.15, 0.2) is 48.8 Å². The van der Waals surface area contributed by atoms with E-state index in [9.17, 15) is 4.79 Å². The molecule has 5 heteroatoms. The second kappa shape index (κ2) is 6.12. The molecule has 2 heterocycles. The topological polar surface area (TPSA) is 55.6 Å². The molecule has 0 radical (unpaired) electrons. The molecule has 0 aliphatic heterocycles. The van der Waals surface area contributed by atoms with Crippen LogP contribution in [0.1, 0.15) is 34.6 Å². The van der Waals surface area contributed by atoms with E-state index in [-0.39, 0.29) is 11.9 Å². The third-order valence-corrected chi connectivity index (χ3v) is 3.79. The lowest BCUT2D eigenvalue weighted by Crippen LogP contribution is -2.26. The van der Waals surface area contributed by atoms with Crippen molar-refractivity contribution in [2.75, 3.05) is 7.11 Å². The fourth-order valence-electron chi connectivity index (χ4n) is 2.46. The van der Waals surface area contributed by atoms with Gasteiger partial charge in [0.05, 0.1) is 13.2 Å². The van der Waals surface area contributed by atoms with E-state index < -0.39 is 0 Å². The highest BCUT2D eigenvalue weighted by Gasteiger charge is 2.14. The molecule has 23 heavy (non-hydrogen) atoms. The largest absolute Gasteiger partial charge is 0.497 e. The molecule has 0 spiro atoms. The SMILES string of the molecule is COc1ccc([C@@H](C)NC(=O)c2cn3cc(C)ccc3n2)cc1. The molecule has 0 saturated carbocycles. The minimum atomic E-state index is -0.185. The summed E-state index contributed by atoms with van der Waals surface area (Å²) in [5, 5.41) is 2.97. The molecule has 0 saturated heterocycles. The van der Waals surface area contributed by atoms with E-state index in [1.807, 2.05) is 60.8 Å². The number of methoxy groups -OCH3 is 1. The smallest absolute Gasteiger partial charge is 0.271 e. The average Bonchev–Trinajstić information content (AvgIpc) is 2.98. The van der Waals surface area contributed by atoms with Gasteiger partial charge in [-0.25, -0.2) is 4.98 Å². The molecule has 0 aliphatic rings. The molecule has 0 bridgehead atoms. The minimum Gasteiger partial charge on any atom is -0.497 e. The highest BCUT2D eigenvalue weighted by molar-refractivity contribution is 5.93. The summed E-state index contributed by atoms with van der Waals surface area (Å²) < 4.78 is 7.01. The van der Waals surface area contributed by atoms with Crippen LogP contribution in [0.3, 0.4) is 0 Å². The van der Waals surface area contributed by atoms with Gasteiger partial charge in [-0.3, -0.25) is 4.79 Å². The predicted octanol–water partition coefficient (Wildman–Crippen LogP) is 3.14. The maximum absolute atomic E-state index is 12.4. The van der Waals surface area contributed by atoms with Crippen LogP contribution in [0.2, 0.25) is 0 Å². The number of benzene rings is 1. The minimum absolute atomic E-state index is 0.111. The van der Waals surface area contributed by atoms with Crippen LogP contribution in [0.5, 0.6) is 5.75 Å². The van der Waals surface area contributed by atoms with E-state index in [1.165, 1.54) is 0 Å². The van der Waals surface area contributed by atoms with Crippen molar-refractivity contribution in [2.24, 2.45) is 0 Å². The Kier molecular flexibility index (Phi) is 4.02. The summed E-state index contributed by atoms with van der Waals surface area (Å²) in [6.07, 6.45) is 3.70. The highest BCUT2D eigenvalue weighted by atomic mass is 16.5. The Labute approximate surface area is 134 Å². The fourth-order valence-corrected chi connectivity index (χ4v) is 2.46. The van der Waals surface area contributed by atoms with Gasteiger partial charge >= 0.3 is 0 Å². The molecule has 2 aromatic heterocycles. The Morgan fingerprint density at radius 2 is 1.91 bits per heavy atom. The number of carbonyl (C=O) groups excluding carboxylic acids is 1. The molecule has 0 fully saturated rings. The standard InChI is InChI=1S/C18H19N3O2/c1-12-4-9-17-20-16(11-21(17)10-12)18(22)19-13(2)14-5-7-15(23-3)8-6-14/h4-11,13H,1-3H3,(H,19,22)/t13-/m1/s1. The van der Waals surface area contributed by atoms with Gasteiger partial charge in [-0.05, 0) is 43.2 Å². The van der Waals surface area contributed by atoms with E-state index in [1.54, 1.807) is 13.3 Å². The second-order valence-corrected chi connectivity index (χ2v) is 5.57. The van der Waals surface area contributed by atoms with Crippen LogP contribution in [-0.2, 0) is 0 Å². The Balaban J connectivity index is 1.76. The zero-order chi connectivity index (χ0) is 16.4. The Morgan fingerprint density at radius 1 is 1.17 bits per heavy atom. The van der Waals surface area contributed by atoms with Crippen molar-refractivity contribution < 1.29 is 9.53 Å². The Morgan fingerprint density at radius 3 is 2.61 bits per heavy atom. The monoisotopic (exact) mass is 309 g/mol. The molecule has 1 aromatic carbocycles. The zero-order valence-electron chi connectivity index (χ0n) is 13.4. The number of aromatic nitrogens is 2. The molecule has 0 aliphatic carbocycles. The highest BCUT2D eigenvalue weighted by Crippen LogP contribution is 2.18. The van der Waals surface area contributed by atoms with E-state index in [4.69, 9.17) is 4.74 Å². The fraction of sp³-hybridized carbons (Fsp3) is 0.222. The maximum atomic E-state index is 12.4. The molecule has 5 nitrogen and oxygen atoms in total. The van der Waals surface area contributed by atoms with Crippen molar-refractivity contribution in [3.05, 3.63) is 65.6 Å². The van der Waals surface area contributed by atoms with Crippen molar-refractivity contribution in [3.63, 3.8) is 0 Å². The molecular weight excluding hydrogens is 290 g/mol. The van der Waals surface area contributed by atoms with Crippen molar-refractivity contribution in [2.45, 2.75) is 19.9 Å².